The van der Waals surface area contributed by atoms with E-state index in [0.29, 0.717) is 6.04 Å². The Bertz CT molecular complexity index is 427. The van der Waals surface area contributed by atoms with E-state index in [1.54, 1.807) is 0 Å². The van der Waals surface area contributed by atoms with Crippen molar-refractivity contribution < 1.29 is 0 Å². The maximum Gasteiger partial charge on any atom is 0.0900 e. The van der Waals surface area contributed by atoms with Gasteiger partial charge in [-0.05, 0) is 58.7 Å². The monoisotopic (exact) mass is 295 g/mol. The summed E-state index contributed by atoms with van der Waals surface area (Å²) < 4.78 is 0. The van der Waals surface area contributed by atoms with Gasteiger partial charge in [-0.15, -0.1) is 11.3 Å². The lowest BCUT2D eigenvalue weighted by Gasteiger charge is -2.24. The van der Waals surface area contributed by atoms with Crippen LogP contribution in [0.4, 0.5) is 0 Å². The number of hydrogen-bond acceptors (Lipinski definition) is 4. The summed E-state index contributed by atoms with van der Waals surface area (Å²) in [5.41, 5.74) is 1.22. The van der Waals surface area contributed by atoms with Crippen molar-refractivity contribution in [3.05, 3.63) is 15.6 Å². The van der Waals surface area contributed by atoms with E-state index in [1.165, 1.54) is 41.6 Å². The van der Waals surface area contributed by atoms with Gasteiger partial charge >= 0.3 is 0 Å². The van der Waals surface area contributed by atoms with Crippen LogP contribution >= 0.6 is 11.3 Å². The highest BCUT2D eigenvalue weighted by Crippen LogP contribution is 2.32. The maximum absolute atomic E-state index is 4.57. The predicted molar refractivity (Wildman–Crippen MR) is 87.4 cm³/mol. The van der Waals surface area contributed by atoms with Crippen LogP contribution in [-0.2, 0) is 0 Å². The Morgan fingerprint density at radius 3 is 2.70 bits per heavy atom. The van der Waals surface area contributed by atoms with Crippen LogP contribution in [0.5, 0.6) is 0 Å². The second kappa shape index (κ2) is 7.01. The average Bonchev–Trinajstić information content (AvgIpc) is 2.95. The Morgan fingerprint density at radius 1 is 1.35 bits per heavy atom. The molecule has 1 saturated heterocycles. The fourth-order valence-electron chi connectivity index (χ4n) is 3.06. The van der Waals surface area contributed by atoms with Crippen molar-refractivity contribution in [3.63, 3.8) is 0 Å². The van der Waals surface area contributed by atoms with E-state index < -0.39 is 0 Å². The largest absolute Gasteiger partial charge is 0.316 e. The van der Waals surface area contributed by atoms with Gasteiger partial charge in [0.05, 0.1) is 10.7 Å². The minimum atomic E-state index is 0.524. The summed E-state index contributed by atoms with van der Waals surface area (Å²) in [5, 5.41) is 4.80. The molecule has 0 aromatic carbocycles. The molecule has 4 heteroatoms. The molecule has 20 heavy (non-hydrogen) atoms. The molecule has 1 fully saturated rings. The Labute approximate surface area is 127 Å². The lowest BCUT2D eigenvalue weighted by Crippen LogP contribution is -2.29. The highest BCUT2D eigenvalue weighted by Gasteiger charge is 2.28. The van der Waals surface area contributed by atoms with Crippen molar-refractivity contribution in [1.29, 1.82) is 0 Å². The summed E-state index contributed by atoms with van der Waals surface area (Å²) in [7, 11) is 0. The second-order valence-electron chi connectivity index (χ2n) is 6.56. The van der Waals surface area contributed by atoms with Gasteiger partial charge in [0.2, 0.25) is 0 Å². The van der Waals surface area contributed by atoms with Crippen molar-refractivity contribution >= 4 is 11.3 Å². The highest BCUT2D eigenvalue weighted by molar-refractivity contribution is 7.11. The molecule has 2 atom stereocenters. The van der Waals surface area contributed by atoms with Crippen LogP contribution in [0.1, 0.15) is 48.8 Å². The quantitative estimate of drug-likeness (QED) is 0.872. The summed E-state index contributed by atoms with van der Waals surface area (Å²) in [6.45, 7) is 15.9. The molecule has 114 valence electrons. The maximum atomic E-state index is 4.57. The fourth-order valence-corrected chi connectivity index (χ4v) is 4.07. The SMILES string of the molecule is Cc1nc(C)c(C(C)N2CCC(CNCC(C)C)C2)s1. The highest BCUT2D eigenvalue weighted by atomic mass is 32.1. The third kappa shape index (κ3) is 4.03. The first kappa shape index (κ1) is 15.9. The van der Waals surface area contributed by atoms with E-state index in [-0.39, 0.29) is 0 Å². The van der Waals surface area contributed by atoms with Crippen molar-refractivity contribution in [2.75, 3.05) is 26.2 Å². The summed E-state index contributed by atoms with van der Waals surface area (Å²) in [6.07, 6.45) is 1.33. The van der Waals surface area contributed by atoms with Gasteiger partial charge in [0, 0.05) is 17.5 Å². The van der Waals surface area contributed by atoms with Gasteiger partial charge in [-0.25, -0.2) is 4.98 Å². The summed E-state index contributed by atoms with van der Waals surface area (Å²) >= 11 is 1.86. The Hall–Kier alpha value is -0.450. The Kier molecular flexibility index (Phi) is 5.58. The molecule has 1 aliphatic rings. The standard InChI is InChI=1S/C16H29N3S/c1-11(2)8-17-9-15-6-7-19(10-15)13(4)16-12(3)18-14(5)20-16/h11,13,15,17H,6-10H2,1-5H3. The molecule has 2 heterocycles. The van der Waals surface area contributed by atoms with Gasteiger partial charge in [0.15, 0.2) is 0 Å². The van der Waals surface area contributed by atoms with Crippen molar-refractivity contribution in [1.82, 2.24) is 15.2 Å². The lowest BCUT2D eigenvalue weighted by molar-refractivity contribution is 0.253. The molecule has 2 rings (SSSR count). The molecule has 1 N–H and O–H groups in total. The van der Waals surface area contributed by atoms with Crippen LogP contribution in [0, 0.1) is 25.7 Å². The van der Waals surface area contributed by atoms with Crippen LogP contribution < -0.4 is 5.32 Å². The number of aromatic nitrogens is 1. The zero-order valence-electron chi connectivity index (χ0n) is 13.6. The van der Waals surface area contributed by atoms with E-state index in [4.69, 9.17) is 0 Å². The van der Waals surface area contributed by atoms with E-state index in [1.807, 2.05) is 11.3 Å². The number of aryl methyl sites for hydroxylation is 2. The molecular formula is C16H29N3S. The number of likely N-dealkylation sites (tertiary alicyclic amines) is 1. The summed E-state index contributed by atoms with van der Waals surface area (Å²) in [5.74, 6) is 1.56. The number of nitrogens with one attached hydrogen (secondary N) is 1. The number of hydrogen-bond donors (Lipinski definition) is 1. The smallest absolute Gasteiger partial charge is 0.0900 e. The molecule has 2 unspecified atom stereocenters. The minimum Gasteiger partial charge on any atom is -0.316 e. The molecule has 0 amide bonds. The van der Waals surface area contributed by atoms with Crippen molar-refractivity contribution in [2.45, 2.75) is 47.1 Å². The molecule has 0 radical (unpaired) electrons. The third-order valence-electron chi connectivity index (χ3n) is 4.17. The van der Waals surface area contributed by atoms with Crippen LogP contribution in [0.3, 0.4) is 0 Å². The van der Waals surface area contributed by atoms with Gasteiger partial charge in [0.25, 0.3) is 0 Å². The first-order valence-corrected chi connectivity index (χ1v) is 8.67. The number of thiazole rings is 1. The fraction of sp³-hybridized carbons (Fsp3) is 0.812. The van der Waals surface area contributed by atoms with Gasteiger partial charge in [0.1, 0.15) is 0 Å². The van der Waals surface area contributed by atoms with E-state index in [0.717, 1.165) is 18.4 Å². The molecule has 0 aliphatic carbocycles. The topological polar surface area (TPSA) is 28.2 Å². The van der Waals surface area contributed by atoms with E-state index >= 15 is 0 Å². The van der Waals surface area contributed by atoms with E-state index in [9.17, 15) is 0 Å². The molecule has 0 bridgehead atoms. The molecule has 1 aliphatic heterocycles. The zero-order chi connectivity index (χ0) is 14.7. The van der Waals surface area contributed by atoms with E-state index in [2.05, 4.69) is 49.8 Å². The van der Waals surface area contributed by atoms with Crippen molar-refractivity contribution in [3.8, 4) is 0 Å². The number of nitrogens with zero attached hydrogens (tertiary/aromatic N) is 2. The van der Waals surface area contributed by atoms with Crippen LogP contribution in [0.25, 0.3) is 0 Å². The van der Waals surface area contributed by atoms with Gasteiger partial charge in [-0.2, -0.15) is 0 Å². The van der Waals surface area contributed by atoms with Crippen LogP contribution in [-0.4, -0.2) is 36.1 Å². The summed E-state index contributed by atoms with van der Waals surface area (Å²) in [4.78, 5) is 8.65. The van der Waals surface area contributed by atoms with Crippen LogP contribution in [0.2, 0.25) is 0 Å². The Balaban J connectivity index is 1.84. The average molecular weight is 295 g/mol. The third-order valence-corrected chi connectivity index (χ3v) is 5.41. The van der Waals surface area contributed by atoms with Crippen molar-refractivity contribution in [2.24, 2.45) is 11.8 Å². The molecule has 0 saturated carbocycles. The van der Waals surface area contributed by atoms with Crippen LogP contribution in [0.15, 0.2) is 0 Å². The number of rotatable bonds is 6. The molecule has 0 spiro atoms. The second-order valence-corrected chi connectivity index (χ2v) is 7.80. The first-order valence-electron chi connectivity index (χ1n) is 7.86. The normalized spacial score (nSPS) is 21.8. The Morgan fingerprint density at radius 2 is 2.10 bits per heavy atom. The zero-order valence-corrected chi connectivity index (χ0v) is 14.4. The van der Waals surface area contributed by atoms with Gasteiger partial charge in [-0.1, -0.05) is 13.8 Å². The lowest BCUT2D eigenvalue weighted by atomic mass is 10.1. The molecule has 1 aromatic rings. The predicted octanol–water partition coefficient (Wildman–Crippen LogP) is 3.39. The molecular weight excluding hydrogens is 266 g/mol. The summed E-state index contributed by atoms with van der Waals surface area (Å²) in [6, 6.07) is 0.524. The minimum absolute atomic E-state index is 0.524. The van der Waals surface area contributed by atoms with Gasteiger partial charge < -0.3 is 5.32 Å². The first-order chi connectivity index (χ1) is 9.47. The van der Waals surface area contributed by atoms with Gasteiger partial charge in [-0.3, -0.25) is 4.90 Å². The molecule has 1 aromatic heterocycles. The molecule has 3 nitrogen and oxygen atoms in total.